The van der Waals surface area contributed by atoms with Gasteiger partial charge in [0.1, 0.15) is 5.69 Å². The van der Waals surface area contributed by atoms with Crippen molar-refractivity contribution < 1.29 is 14.8 Å². The molecule has 132 valence electrons. The highest BCUT2D eigenvalue weighted by Gasteiger charge is 2.28. The zero-order valence-corrected chi connectivity index (χ0v) is 14.0. The highest BCUT2D eigenvalue weighted by Crippen LogP contribution is 2.31. The number of carbonyl (C=O) groups is 1. The first-order valence-corrected chi connectivity index (χ1v) is 8.47. The molecule has 1 aromatic rings. The lowest BCUT2D eigenvalue weighted by atomic mass is 9.95. The summed E-state index contributed by atoms with van der Waals surface area (Å²) in [6, 6.07) is 6.70. The van der Waals surface area contributed by atoms with Gasteiger partial charge in [0.2, 0.25) is 5.91 Å². The van der Waals surface area contributed by atoms with Crippen molar-refractivity contribution in [2.24, 2.45) is 5.92 Å². The fraction of sp³-hybridized carbons (Fsp3) is 0.588. The number of benzene rings is 1. The van der Waals surface area contributed by atoms with Crippen LogP contribution in [0, 0.1) is 16.0 Å². The Labute approximate surface area is 141 Å². The van der Waals surface area contributed by atoms with Gasteiger partial charge in [-0.25, -0.2) is 0 Å². The van der Waals surface area contributed by atoms with Gasteiger partial charge in [-0.15, -0.1) is 0 Å². The Morgan fingerprint density at radius 1 is 1.42 bits per heavy atom. The second kappa shape index (κ2) is 8.63. The largest absolute Gasteiger partial charge is 0.391 e. The number of amides is 1. The van der Waals surface area contributed by atoms with Crippen LogP contribution in [0.2, 0.25) is 0 Å². The van der Waals surface area contributed by atoms with Crippen LogP contribution < -0.4 is 10.2 Å². The molecule has 2 N–H and O–H groups in total. The maximum atomic E-state index is 12.2. The van der Waals surface area contributed by atoms with Crippen LogP contribution >= 0.6 is 0 Å². The minimum absolute atomic E-state index is 0.0348. The smallest absolute Gasteiger partial charge is 0.292 e. The highest BCUT2D eigenvalue weighted by molar-refractivity contribution is 5.79. The van der Waals surface area contributed by atoms with Crippen LogP contribution in [-0.2, 0) is 4.79 Å². The van der Waals surface area contributed by atoms with Crippen molar-refractivity contribution in [1.82, 2.24) is 5.32 Å². The molecule has 7 nitrogen and oxygen atoms in total. The third-order valence-corrected chi connectivity index (χ3v) is 4.42. The predicted molar refractivity (Wildman–Crippen MR) is 92.0 cm³/mol. The first-order valence-electron chi connectivity index (χ1n) is 8.47. The summed E-state index contributed by atoms with van der Waals surface area (Å²) in [6.45, 7) is 3.50. The number of aliphatic hydroxyl groups is 1. The van der Waals surface area contributed by atoms with Gasteiger partial charge in [0.25, 0.3) is 5.69 Å². The molecule has 1 aromatic carbocycles. The molecule has 2 rings (SSSR count). The van der Waals surface area contributed by atoms with Crippen LogP contribution in [0.4, 0.5) is 11.4 Å². The Morgan fingerprint density at radius 2 is 2.08 bits per heavy atom. The molecule has 7 heteroatoms. The first-order chi connectivity index (χ1) is 11.5. The van der Waals surface area contributed by atoms with Crippen LogP contribution in [0.15, 0.2) is 24.3 Å². The number of nitro benzene ring substituents is 1. The van der Waals surface area contributed by atoms with Crippen LogP contribution in [0.25, 0.3) is 0 Å². The summed E-state index contributed by atoms with van der Waals surface area (Å²) < 4.78 is 0. The summed E-state index contributed by atoms with van der Waals surface area (Å²) in [4.78, 5) is 24.9. The van der Waals surface area contributed by atoms with E-state index < -0.39 is 6.10 Å². The van der Waals surface area contributed by atoms with Gasteiger partial charge in [0.15, 0.2) is 0 Å². The Kier molecular flexibility index (Phi) is 6.54. The molecule has 1 saturated heterocycles. The van der Waals surface area contributed by atoms with E-state index in [0.29, 0.717) is 38.0 Å². The minimum atomic E-state index is -0.494. The van der Waals surface area contributed by atoms with Gasteiger partial charge in [-0.3, -0.25) is 14.9 Å². The molecule has 24 heavy (non-hydrogen) atoms. The zero-order chi connectivity index (χ0) is 17.5. The topological polar surface area (TPSA) is 95.7 Å². The third-order valence-electron chi connectivity index (χ3n) is 4.42. The van der Waals surface area contributed by atoms with E-state index in [-0.39, 0.29) is 29.0 Å². The van der Waals surface area contributed by atoms with E-state index in [4.69, 9.17) is 0 Å². The summed E-state index contributed by atoms with van der Waals surface area (Å²) >= 11 is 0. The molecule has 1 aliphatic heterocycles. The number of rotatable bonds is 7. The molecule has 1 atom stereocenters. The van der Waals surface area contributed by atoms with Crippen molar-refractivity contribution in [2.45, 2.75) is 38.7 Å². The molecule has 0 bridgehead atoms. The van der Waals surface area contributed by atoms with Gasteiger partial charge < -0.3 is 15.3 Å². The van der Waals surface area contributed by atoms with E-state index in [1.807, 2.05) is 11.8 Å². The van der Waals surface area contributed by atoms with Gasteiger partial charge in [-0.2, -0.15) is 0 Å². The Balaban J connectivity index is 1.87. The predicted octanol–water partition coefficient (Wildman–Crippen LogP) is 2.09. The number of nitro groups is 1. The quantitative estimate of drug-likeness (QED) is 0.587. The third kappa shape index (κ3) is 4.67. The van der Waals surface area contributed by atoms with Crippen molar-refractivity contribution in [1.29, 1.82) is 0 Å². The number of hydrogen-bond donors (Lipinski definition) is 2. The number of piperidine rings is 1. The van der Waals surface area contributed by atoms with E-state index >= 15 is 0 Å². The highest BCUT2D eigenvalue weighted by atomic mass is 16.6. The number of carbonyl (C=O) groups excluding carboxylic acids is 1. The Hall–Kier alpha value is -2.15. The molecule has 1 unspecified atom stereocenters. The van der Waals surface area contributed by atoms with Gasteiger partial charge in [-0.05, 0) is 25.3 Å². The van der Waals surface area contributed by atoms with Crippen molar-refractivity contribution >= 4 is 17.3 Å². The van der Waals surface area contributed by atoms with E-state index in [9.17, 15) is 20.0 Å². The molecular formula is C17H25N3O4. The maximum Gasteiger partial charge on any atom is 0.292 e. The van der Waals surface area contributed by atoms with Gasteiger partial charge >= 0.3 is 0 Å². The number of aliphatic hydroxyl groups excluding tert-OH is 1. The average molecular weight is 335 g/mol. The lowest BCUT2D eigenvalue weighted by molar-refractivity contribution is -0.384. The summed E-state index contributed by atoms with van der Waals surface area (Å²) in [6.07, 6.45) is 2.37. The Bertz CT molecular complexity index is 571. The molecule has 0 aromatic heterocycles. The van der Waals surface area contributed by atoms with Crippen molar-refractivity contribution in [3.05, 3.63) is 34.4 Å². The molecule has 1 fully saturated rings. The number of anilines is 1. The second-order valence-corrected chi connectivity index (χ2v) is 6.19. The summed E-state index contributed by atoms with van der Waals surface area (Å²) in [5.41, 5.74) is 0.711. The fourth-order valence-electron chi connectivity index (χ4n) is 3.07. The molecule has 1 heterocycles. The first kappa shape index (κ1) is 18.2. The normalized spacial score (nSPS) is 16.7. The van der Waals surface area contributed by atoms with E-state index in [2.05, 4.69) is 5.32 Å². The molecular weight excluding hydrogens is 310 g/mol. The fourth-order valence-corrected chi connectivity index (χ4v) is 3.07. The van der Waals surface area contributed by atoms with E-state index in [1.165, 1.54) is 6.07 Å². The number of nitrogens with one attached hydrogen (secondary N) is 1. The molecule has 0 saturated carbocycles. The molecule has 1 amide bonds. The number of hydrogen-bond acceptors (Lipinski definition) is 5. The molecule has 1 aliphatic rings. The monoisotopic (exact) mass is 335 g/mol. The van der Waals surface area contributed by atoms with Crippen molar-refractivity contribution in [3.8, 4) is 0 Å². The summed E-state index contributed by atoms with van der Waals surface area (Å²) in [5, 5.41) is 23.6. The minimum Gasteiger partial charge on any atom is -0.391 e. The van der Waals surface area contributed by atoms with Gasteiger partial charge in [0.05, 0.1) is 11.0 Å². The lowest BCUT2D eigenvalue weighted by Crippen LogP contribution is -2.42. The van der Waals surface area contributed by atoms with Crippen molar-refractivity contribution in [3.63, 3.8) is 0 Å². The molecule has 0 radical (unpaired) electrons. The second-order valence-electron chi connectivity index (χ2n) is 6.19. The summed E-state index contributed by atoms with van der Waals surface area (Å²) in [7, 11) is 0. The van der Waals surface area contributed by atoms with Crippen LogP contribution in [0.3, 0.4) is 0 Å². The van der Waals surface area contributed by atoms with Gasteiger partial charge in [-0.1, -0.05) is 25.5 Å². The standard InChI is InChI=1S/C17H25N3O4/c1-2-5-14(21)12-18-17(22)13-8-10-19(11-9-13)15-6-3-4-7-16(15)20(23)24/h3-4,6-7,13-14,21H,2,5,8-12H2,1H3,(H,18,22). The number of para-hydroxylation sites is 2. The van der Waals surface area contributed by atoms with E-state index in [1.54, 1.807) is 18.2 Å². The zero-order valence-electron chi connectivity index (χ0n) is 14.0. The van der Waals surface area contributed by atoms with E-state index in [0.717, 1.165) is 6.42 Å². The summed E-state index contributed by atoms with van der Waals surface area (Å²) in [5.74, 6) is -0.134. The van der Waals surface area contributed by atoms with Crippen molar-refractivity contribution in [2.75, 3.05) is 24.5 Å². The van der Waals surface area contributed by atoms with Gasteiger partial charge in [0, 0.05) is 31.6 Å². The lowest BCUT2D eigenvalue weighted by Gasteiger charge is -2.32. The van der Waals surface area contributed by atoms with Crippen LogP contribution in [0.5, 0.6) is 0 Å². The molecule has 0 aliphatic carbocycles. The molecule has 0 spiro atoms. The SMILES string of the molecule is CCCC(O)CNC(=O)C1CCN(c2ccccc2[N+](=O)[O-])CC1. The maximum absolute atomic E-state index is 12.2. The van der Waals surface area contributed by atoms with Crippen LogP contribution in [0.1, 0.15) is 32.6 Å². The van der Waals surface area contributed by atoms with Crippen LogP contribution in [-0.4, -0.2) is 41.7 Å². The number of nitrogens with zero attached hydrogens (tertiary/aromatic N) is 2. The average Bonchev–Trinajstić information content (AvgIpc) is 2.60. The Morgan fingerprint density at radius 3 is 2.71 bits per heavy atom.